The van der Waals surface area contributed by atoms with Crippen molar-refractivity contribution in [1.29, 1.82) is 0 Å². The average Bonchev–Trinajstić information content (AvgIpc) is 2.65. The lowest BCUT2D eigenvalue weighted by atomic mass is 9.90. The standard InChI is InChI=1S/C11H17N3O2.ClH/c1-8-7-9(14-16-8)10(15)13-11(2)3-5-12-6-4-11;/h7,12H,3-6H2,1-2H3,(H,13,15);1H. The average molecular weight is 260 g/mol. The molecule has 0 atom stereocenters. The van der Waals surface area contributed by atoms with Gasteiger partial charge in [0.25, 0.3) is 5.91 Å². The van der Waals surface area contributed by atoms with Crippen LogP contribution >= 0.6 is 12.4 Å². The summed E-state index contributed by atoms with van der Waals surface area (Å²) in [5, 5.41) is 10.0. The number of halogens is 1. The fourth-order valence-corrected chi connectivity index (χ4v) is 1.92. The highest BCUT2D eigenvalue weighted by molar-refractivity contribution is 5.92. The molecule has 0 aliphatic carbocycles. The number of piperidine rings is 1. The first kappa shape index (κ1) is 14.0. The molecule has 0 bridgehead atoms. The van der Waals surface area contributed by atoms with E-state index in [1.807, 2.05) is 0 Å². The Morgan fingerprint density at radius 3 is 2.71 bits per heavy atom. The molecule has 96 valence electrons. The number of hydrogen-bond acceptors (Lipinski definition) is 4. The highest BCUT2D eigenvalue weighted by Crippen LogP contribution is 2.17. The third-order valence-corrected chi connectivity index (χ3v) is 2.98. The first-order valence-corrected chi connectivity index (χ1v) is 5.56. The minimum Gasteiger partial charge on any atom is -0.361 e. The van der Waals surface area contributed by atoms with Gasteiger partial charge < -0.3 is 15.2 Å². The SMILES string of the molecule is Cc1cc(C(=O)NC2(C)CCNCC2)no1.Cl. The normalized spacial score (nSPS) is 18.2. The van der Waals surface area contributed by atoms with Crippen molar-refractivity contribution >= 4 is 18.3 Å². The van der Waals surface area contributed by atoms with Gasteiger partial charge in [-0.15, -0.1) is 12.4 Å². The first-order chi connectivity index (χ1) is 7.59. The van der Waals surface area contributed by atoms with E-state index in [9.17, 15) is 4.79 Å². The number of carbonyl (C=O) groups is 1. The van der Waals surface area contributed by atoms with E-state index < -0.39 is 0 Å². The van der Waals surface area contributed by atoms with Gasteiger partial charge in [0.1, 0.15) is 5.76 Å². The fourth-order valence-electron chi connectivity index (χ4n) is 1.92. The summed E-state index contributed by atoms with van der Waals surface area (Å²) in [6, 6.07) is 1.65. The second kappa shape index (κ2) is 5.51. The second-order valence-electron chi connectivity index (χ2n) is 4.59. The largest absolute Gasteiger partial charge is 0.361 e. The third kappa shape index (κ3) is 3.44. The molecule has 2 N–H and O–H groups in total. The number of rotatable bonds is 2. The summed E-state index contributed by atoms with van der Waals surface area (Å²) in [7, 11) is 0. The van der Waals surface area contributed by atoms with E-state index >= 15 is 0 Å². The van der Waals surface area contributed by atoms with Gasteiger partial charge in [0.05, 0.1) is 0 Å². The predicted molar refractivity (Wildman–Crippen MR) is 66.5 cm³/mol. The Morgan fingerprint density at radius 2 is 2.18 bits per heavy atom. The molecule has 2 heterocycles. The number of aromatic nitrogens is 1. The maximum atomic E-state index is 11.9. The molecule has 1 aliphatic rings. The van der Waals surface area contributed by atoms with Crippen molar-refractivity contribution in [2.45, 2.75) is 32.2 Å². The molecule has 1 aliphatic heterocycles. The summed E-state index contributed by atoms with van der Waals surface area (Å²) in [5.74, 6) is 0.502. The lowest BCUT2D eigenvalue weighted by molar-refractivity contribution is 0.0878. The van der Waals surface area contributed by atoms with Gasteiger partial charge in [-0.3, -0.25) is 4.79 Å². The predicted octanol–water partition coefficient (Wildman–Crippen LogP) is 1.28. The Hall–Kier alpha value is -1.07. The smallest absolute Gasteiger partial charge is 0.273 e. The Morgan fingerprint density at radius 1 is 1.53 bits per heavy atom. The van der Waals surface area contributed by atoms with E-state index in [1.165, 1.54) is 0 Å². The van der Waals surface area contributed by atoms with Gasteiger partial charge in [0.2, 0.25) is 0 Å². The minimum atomic E-state index is -0.152. The number of carbonyl (C=O) groups excluding carboxylic acids is 1. The van der Waals surface area contributed by atoms with Crippen molar-refractivity contribution in [3.05, 3.63) is 17.5 Å². The molecule has 0 unspecified atom stereocenters. The lowest BCUT2D eigenvalue weighted by Crippen LogP contribution is -2.52. The van der Waals surface area contributed by atoms with Gasteiger partial charge in [0.15, 0.2) is 5.69 Å². The van der Waals surface area contributed by atoms with Crippen LogP contribution < -0.4 is 10.6 Å². The number of nitrogens with zero attached hydrogens (tertiary/aromatic N) is 1. The van der Waals surface area contributed by atoms with E-state index in [0.29, 0.717) is 11.5 Å². The van der Waals surface area contributed by atoms with E-state index in [-0.39, 0.29) is 23.9 Å². The molecule has 1 saturated heterocycles. The summed E-state index contributed by atoms with van der Waals surface area (Å²) in [4.78, 5) is 11.9. The molecule has 1 aromatic rings. The maximum absolute atomic E-state index is 11.9. The molecule has 6 heteroatoms. The van der Waals surface area contributed by atoms with Crippen LogP contribution in [0.1, 0.15) is 36.0 Å². The molecule has 1 aromatic heterocycles. The van der Waals surface area contributed by atoms with Gasteiger partial charge in [-0.05, 0) is 39.8 Å². The van der Waals surface area contributed by atoms with Crippen LogP contribution in [-0.4, -0.2) is 29.7 Å². The monoisotopic (exact) mass is 259 g/mol. The zero-order valence-electron chi connectivity index (χ0n) is 10.1. The number of hydrogen-bond donors (Lipinski definition) is 2. The number of nitrogens with one attached hydrogen (secondary N) is 2. The second-order valence-corrected chi connectivity index (χ2v) is 4.59. The van der Waals surface area contributed by atoms with Gasteiger partial charge in [0, 0.05) is 11.6 Å². The van der Waals surface area contributed by atoms with E-state index in [2.05, 4.69) is 22.7 Å². The van der Waals surface area contributed by atoms with Crippen LogP contribution in [-0.2, 0) is 0 Å². The van der Waals surface area contributed by atoms with Crippen LogP contribution in [0.4, 0.5) is 0 Å². The van der Waals surface area contributed by atoms with Crippen LogP contribution in [0.2, 0.25) is 0 Å². The highest BCUT2D eigenvalue weighted by atomic mass is 35.5. The van der Waals surface area contributed by atoms with Crippen LogP contribution in [0.3, 0.4) is 0 Å². The Kier molecular flexibility index (Phi) is 4.54. The minimum absolute atomic E-state index is 0. The maximum Gasteiger partial charge on any atom is 0.273 e. The molecule has 2 rings (SSSR count). The number of aryl methyl sites for hydroxylation is 1. The molecule has 1 amide bonds. The van der Waals surface area contributed by atoms with Crippen LogP contribution in [0.5, 0.6) is 0 Å². The summed E-state index contributed by atoms with van der Waals surface area (Å²) in [6.07, 6.45) is 1.88. The van der Waals surface area contributed by atoms with Crippen molar-refractivity contribution in [2.24, 2.45) is 0 Å². The van der Waals surface area contributed by atoms with Crippen LogP contribution in [0, 0.1) is 6.92 Å². The topological polar surface area (TPSA) is 67.2 Å². The van der Waals surface area contributed by atoms with Gasteiger partial charge in [-0.25, -0.2) is 0 Å². The lowest BCUT2D eigenvalue weighted by Gasteiger charge is -2.34. The summed E-state index contributed by atoms with van der Waals surface area (Å²) in [5.41, 5.74) is 0.229. The third-order valence-electron chi connectivity index (χ3n) is 2.98. The van der Waals surface area contributed by atoms with Gasteiger partial charge in [-0.2, -0.15) is 0 Å². The van der Waals surface area contributed by atoms with Crippen LogP contribution in [0.15, 0.2) is 10.6 Å². The van der Waals surface area contributed by atoms with Crippen LogP contribution in [0.25, 0.3) is 0 Å². The fraction of sp³-hybridized carbons (Fsp3) is 0.636. The summed E-state index contributed by atoms with van der Waals surface area (Å²) >= 11 is 0. The van der Waals surface area contributed by atoms with E-state index in [4.69, 9.17) is 4.52 Å². The summed E-state index contributed by atoms with van der Waals surface area (Å²) in [6.45, 7) is 5.72. The molecule has 1 fully saturated rings. The van der Waals surface area contributed by atoms with Crippen molar-refractivity contribution < 1.29 is 9.32 Å². The van der Waals surface area contributed by atoms with Crippen molar-refractivity contribution in [1.82, 2.24) is 15.8 Å². The molecule has 0 aromatic carbocycles. The van der Waals surface area contributed by atoms with E-state index in [1.54, 1.807) is 13.0 Å². The van der Waals surface area contributed by atoms with Crippen molar-refractivity contribution in [2.75, 3.05) is 13.1 Å². The molecule has 0 saturated carbocycles. The Balaban J connectivity index is 0.00000144. The zero-order chi connectivity index (χ0) is 11.6. The zero-order valence-corrected chi connectivity index (χ0v) is 10.9. The van der Waals surface area contributed by atoms with Crippen molar-refractivity contribution in [3.8, 4) is 0 Å². The molecular formula is C11H18ClN3O2. The number of amides is 1. The summed E-state index contributed by atoms with van der Waals surface area (Å²) < 4.78 is 4.88. The molecule has 17 heavy (non-hydrogen) atoms. The Labute approximate surface area is 107 Å². The van der Waals surface area contributed by atoms with Gasteiger partial charge in [-0.1, -0.05) is 5.16 Å². The van der Waals surface area contributed by atoms with E-state index in [0.717, 1.165) is 25.9 Å². The first-order valence-electron chi connectivity index (χ1n) is 5.56. The molecule has 5 nitrogen and oxygen atoms in total. The van der Waals surface area contributed by atoms with Crippen molar-refractivity contribution in [3.63, 3.8) is 0 Å². The quantitative estimate of drug-likeness (QED) is 0.840. The molecule has 0 spiro atoms. The van der Waals surface area contributed by atoms with Gasteiger partial charge >= 0.3 is 0 Å². The molecular weight excluding hydrogens is 242 g/mol. The Bertz CT molecular complexity index is 386. The molecule has 0 radical (unpaired) electrons. The highest BCUT2D eigenvalue weighted by Gasteiger charge is 2.29.